The second-order valence-electron chi connectivity index (χ2n) is 4.68. The van der Waals surface area contributed by atoms with Crippen molar-refractivity contribution in [1.29, 1.82) is 0 Å². The molecule has 1 heterocycles. The Labute approximate surface area is 128 Å². The van der Waals surface area contributed by atoms with Crippen LogP contribution >= 0.6 is 11.6 Å². The van der Waals surface area contributed by atoms with Gasteiger partial charge in [-0.3, -0.25) is 0 Å². The number of benzene rings is 1. The standard InChI is InChI=1S/C15H17ClFN3O/c1-3-13-19-14(16)9(2)15(20-13)18-8-12(21)10-6-4-5-7-11(10)17/h4-7,12,21H,3,8H2,1-2H3,(H,18,19,20). The van der Waals surface area contributed by atoms with Gasteiger partial charge in [0.2, 0.25) is 0 Å². The van der Waals surface area contributed by atoms with E-state index in [-0.39, 0.29) is 12.1 Å². The Bertz CT molecular complexity index is 636. The number of aliphatic hydroxyl groups is 1. The van der Waals surface area contributed by atoms with Crippen molar-refractivity contribution in [3.05, 3.63) is 52.2 Å². The molecule has 0 saturated heterocycles. The first kappa shape index (κ1) is 15.7. The lowest BCUT2D eigenvalue weighted by Crippen LogP contribution is -2.16. The third-order valence-electron chi connectivity index (χ3n) is 3.18. The van der Waals surface area contributed by atoms with E-state index in [4.69, 9.17) is 11.6 Å². The molecule has 0 aliphatic heterocycles. The van der Waals surface area contributed by atoms with Crippen LogP contribution in [0.5, 0.6) is 0 Å². The molecule has 0 aliphatic rings. The van der Waals surface area contributed by atoms with Gasteiger partial charge in [0.15, 0.2) is 0 Å². The Morgan fingerprint density at radius 3 is 2.71 bits per heavy atom. The maximum absolute atomic E-state index is 13.6. The van der Waals surface area contributed by atoms with E-state index in [0.717, 1.165) is 0 Å². The van der Waals surface area contributed by atoms with Crippen LogP contribution in [0.15, 0.2) is 24.3 Å². The lowest BCUT2D eigenvalue weighted by Gasteiger charge is -2.15. The fourth-order valence-electron chi connectivity index (χ4n) is 1.91. The van der Waals surface area contributed by atoms with Crippen molar-refractivity contribution in [2.24, 2.45) is 0 Å². The summed E-state index contributed by atoms with van der Waals surface area (Å²) in [7, 11) is 0. The Kier molecular flexibility index (Phi) is 5.09. The molecule has 0 spiro atoms. The summed E-state index contributed by atoms with van der Waals surface area (Å²) in [5, 5.41) is 13.5. The minimum absolute atomic E-state index is 0.137. The van der Waals surface area contributed by atoms with Gasteiger partial charge in [-0.2, -0.15) is 0 Å². The van der Waals surface area contributed by atoms with Gasteiger partial charge >= 0.3 is 0 Å². The smallest absolute Gasteiger partial charge is 0.137 e. The van der Waals surface area contributed by atoms with E-state index < -0.39 is 11.9 Å². The molecule has 0 fully saturated rings. The first-order valence-corrected chi connectivity index (χ1v) is 7.10. The molecule has 112 valence electrons. The Morgan fingerprint density at radius 1 is 1.33 bits per heavy atom. The van der Waals surface area contributed by atoms with Crippen molar-refractivity contribution in [2.75, 3.05) is 11.9 Å². The molecule has 2 N–H and O–H groups in total. The van der Waals surface area contributed by atoms with Crippen molar-refractivity contribution in [1.82, 2.24) is 9.97 Å². The van der Waals surface area contributed by atoms with Gasteiger partial charge < -0.3 is 10.4 Å². The SMILES string of the molecule is CCc1nc(Cl)c(C)c(NCC(O)c2ccccc2F)n1. The largest absolute Gasteiger partial charge is 0.386 e. The molecule has 0 amide bonds. The number of nitrogens with one attached hydrogen (secondary N) is 1. The number of hydrogen-bond donors (Lipinski definition) is 2. The highest BCUT2D eigenvalue weighted by Gasteiger charge is 2.14. The quantitative estimate of drug-likeness (QED) is 0.832. The number of aromatic nitrogens is 2. The maximum Gasteiger partial charge on any atom is 0.137 e. The van der Waals surface area contributed by atoms with Crippen molar-refractivity contribution in [2.45, 2.75) is 26.4 Å². The Balaban J connectivity index is 2.13. The molecule has 4 nitrogen and oxygen atoms in total. The summed E-state index contributed by atoms with van der Waals surface area (Å²) in [6.07, 6.45) is -0.311. The third-order valence-corrected chi connectivity index (χ3v) is 3.54. The van der Waals surface area contributed by atoms with E-state index in [0.29, 0.717) is 28.8 Å². The predicted octanol–water partition coefficient (Wildman–Crippen LogP) is 3.29. The van der Waals surface area contributed by atoms with Crippen LogP contribution in [0.2, 0.25) is 5.15 Å². The van der Waals surface area contributed by atoms with Crippen LogP contribution in [-0.2, 0) is 6.42 Å². The highest BCUT2D eigenvalue weighted by Crippen LogP contribution is 2.22. The second-order valence-corrected chi connectivity index (χ2v) is 5.03. The van der Waals surface area contributed by atoms with Crippen molar-refractivity contribution in [3.63, 3.8) is 0 Å². The van der Waals surface area contributed by atoms with Crippen molar-refractivity contribution in [3.8, 4) is 0 Å². The van der Waals surface area contributed by atoms with Crippen LogP contribution in [0, 0.1) is 12.7 Å². The molecular weight excluding hydrogens is 293 g/mol. The summed E-state index contributed by atoms with van der Waals surface area (Å²) in [5.41, 5.74) is 0.952. The van der Waals surface area contributed by atoms with Crippen LogP contribution in [0.3, 0.4) is 0 Å². The van der Waals surface area contributed by atoms with Gasteiger partial charge in [-0.25, -0.2) is 14.4 Å². The molecular formula is C15H17ClFN3O. The number of halogens is 2. The van der Waals surface area contributed by atoms with E-state index in [1.54, 1.807) is 25.1 Å². The zero-order valence-corrected chi connectivity index (χ0v) is 12.7. The van der Waals surface area contributed by atoms with Gasteiger partial charge in [0.25, 0.3) is 0 Å². The lowest BCUT2D eigenvalue weighted by atomic mass is 10.1. The van der Waals surface area contributed by atoms with Crippen LogP contribution in [0.1, 0.15) is 30.0 Å². The van der Waals surface area contributed by atoms with E-state index in [1.807, 2.05) is 6.92 Å². The second kappa shape index (κ2) is 6.83. The normalized spacial score (nSPS) is 12.2. The van der Waals surface area contributed by atoms with Gasteiger partial charge in [-0.15, -0.1) is 0 Å². The summed E-state index contributed by atoms with van der Waals surface area (Å²) in [6, 6.07) is 6.14. The molecule has 2 aromatic rings. The van der Waals surface area contributed by atoms with Gasteiger partial charge in [-0.1, -0.05) is 36.7 Å². The summed E-state index contributed by atoms with van der Waals surface area (Å²) < 4.78 is 13.6. The molecule has 2 rings (SSSR count). The number of nitrogens with zero attached hydrogens (tertiary/aromatic N) is 2. The number of aliphatic hydroxyl groups excluding tert-OH is 1. The molecule has 21 heavy (non-hydrogen) atoms. The summed E-state index contributed by atoms with van der Waals surface area (Å²) in [4.78, 5) is 8.47. The maximum atomic E-state index is 13.6. The number of aryl methyl sites for hydroxylation is 1. The van der Waals surface area contributed by atoms with Crippen LogP contribution in [0.25, 0.3) is 0 Å². The number of hydrogen-bond acceptors (Lipinski definition) is 4. The zero-order valence-electron chi connectivity index (χ0n) is 11.9. The molecule has 1 unspecified atom stereocenters. The van der Waals surface area contributed by atoms with Gasteiger partial charge in [0, 0.05) is 24.1 Å². The van der Waals surface area contributed by atoms with E-state index >= 15 is 0 Å². The average Bonchev–Trinajstić information content (AvgIpc) is 2.48. The molecule has 1 atom stereocenters. The monoisotopic (exact) mass is 309 g/mol. The molecule has 0 bridgehead atoms. The molecule has 0 radical (unpaired) electrons. The fourth-order valence-corrected chi connectivity index (χ4v) is 2.10. The van der Waals surface area contributed by atoms with Gasteiger partial charge in [0.1, 0.15) is 22.6 Å². The summed E-state index contributed by atoms with van der Waals surface area (Å²) in [6.45, 7) is 3.86. The lowest BCUT2D eigenvalue weighted by molar-refractivity contribution is 0.186. The van der Waals surface area contributed by atoms with Crippen LogP contribution < -0.4 is 5.32 Å². The summed E-state index contributed by atoms with van der Waals surface area (Å²) in [5.74, 6) is 0.745. The number of rotatable bonds is 5. The molecule has 6 heteroatoms. The van der Waals surface area contributed by atoms with Crippen molar-refractivity contribution >= 4 is 17.4 Å². The predicted molar refractivity (Wildman–Crippen MR) is 81.0 cm³/mol. The van der Waals surface area contributed by atoms with Gasteiger partial charge in [-0.05, 0) is 13.0 Å². The molecule has 0 saturated carbocycles. The van der Waals surface area contributed by atoms with Crippen LogP contribution in [-0.4, -0.2) is 21.6 Å². The zero-order chi connectivity index (χ0) is 15.4. The minimum Gasteiger partial charge on any atom is -0.386 e. The van der Waals surface area contributed by atoms with E-state index in [2.05, 4.69) is 15.3 Å². The topological polar surface area (TPSA) is 58.0 Å². The Hall–Kier alpha value is -1.72. The first-order chi connectivity index (χ1) is 10.0. The first-order valence-electron chi connectivity index (χ1n) is 6.72. The average molecular weight is 310 g/mol. The highest BCUT2D eigenvalue weighted by molar-refractivity contribution is 6.30. The molecule has 1 aromatic carbocycles. The van der Waals surface area contributed by atoms with Gasteiger partial charge in [0.05, 0.1) is 6.10 Å². The number of anilines is 1. The summed E-state index contributed by atoms with van der Waals surface area (Å²) >= 11 is 6.04. The third kappa shape index (κ3) is 3.68. The molecule has 0 aliphatic carbocycles. The molecule has 1 aromatic heterocycles. The minimum atomic E-state index is -0.968. The van der Waals surface area contributed by atoms with Crippen molar-refractivity contribution < 1.29 is 9.50 Å². The highest BCUT2D eigenvalue weighted by atomic mass is 35.5. The fraction of sp³-hybridized carbons (Fsp3) is 0.333. The van der Waals surface area contributed by atoms with E-state index in [1.165, 1.54) is 6.07 Å². The van der Waals surface area contributed by atoms with E-state index in [9.17, 15) is 9.50 Å². The van der Waals surface area contributed by atoms with Crippen LogP contribution in [0.4, 0.5) is 10.2 Å². The Morgan fingerprint density at radius 2 is 2.05 bits per heavy atom.